The lowest BCUT2D eigenvalue weighted by atomic mass is 9.84. The second-order valence-corrected chi connectivity index (χ2v) is 7.26. The normalized spacial score (nSPS) is 22.9. The van der Waals surface area contributed by atoms with Crippen LogP contribution in [0.15, 0.2) is 88.5 Å². The number of hydrogen-bond acceptors (Lipinski definition) is 3. The third kappa shape index (κ3) is 3.74. The number of nitrogens with zero attached hydrogens (tertiary/aromatic N) is 1. The van der Waals surface area contributed by atoms with Gasteiger partial charge in [0, 0.05) is 11.7 Å². The van der Waals surface area contributed by atoms with E-state index in [4.69, 9.17) is 0 Å². The average molecular weight is 358 g/mol. The zero-order valence-electron chi connectivity index (χ0n) is 16.1. The molecule has 0 saturated carbocycles. The van der Waals surface area contributed by atoms with Crippen molar-refractivity contribution in [3.63, 3.8) is 0 Å². The molecule has 2 unspecified atom stereocenters. The molecule has 0 amide bonds. The van der Waals surface area contributed by atoms with Crippen molar-refractivity contribution in [2.24, 2.45) is 4.99 Å². The van der Waals surface area contributed by atoms with Crippen molar-refractivity contribution in [1.82, 2.24) is 10.6 Å². The lowest BCUT2D eigenvalue weighted by Gasteiger charge is -2.34. The van der Waals surface area contributed by atoms with Crippen LogP contribution in [0.4, 0.5) is 0 Å². The zero-order valence-corrected chi connectivity index (χ0v) is 16.1. The van der Waals surface area contributed by atoms with Crippen molar-refractivity contribution in [3.05, 3.63) is 89.1 Å². The summed E-state index contributed by atoms with van der Waals surface area (Å²) in [7, 11) is 2.02. The van der Waals surface area contributed by atoms with Crippen LogP contribution in [0.3, 0.4) is 0 Å². The fourth-order valence-electron chi connectivity index (χ4n) is 3.91. The van der Waals surface area contributed by atoms with Gasteiger partial charge in [-0.1, -0.05) is 54.6 Å². The highest BCUT2D eigenvalue weighted by atomic mass is 15.0. The molecule has 3 aliphatic rings. The summed E-state index contributed by atoms with van der Waals surface area (Å²) in [5.74, 6) is 0. The number of aliphatic imine (C=N–C) groups is 1. The molecule has 0 saturated heterocycles. The van der Waals surface area contributed by atoms with Crippen LogP contribution in [-0.2, 0) is 0 Å². The molecular weight excluding hydrogens is 330 g/mol. The molecule has 138 valence electrons. The Labute approximate surface area is 162 Å². The second-order valence-electron chi connectivity index (χ2n) is 7.26. The van der Waals surface area contributed by atoms with Gasteiger partial charge in [0.2, 0.25) is 0 Å². The summed E-state index contributed by atoms with van der Waals surface area (Å²) >= 11 is 0. The third-order valence-corrected chi connectivity index (χ3v) is 5.62. The molecule has 2 heterocycles. The van der Waals surface area contributed by atoms with Crippen LogP contribution in [0, 0.1) is 0 Å². The summed E-state index contributed by atoms with van der Waals surface area (Å²) in [4.78, 5) is 4.57. The summed E-state index contributed by atoms with van der Waals surface area (Å²) in [6.45, 7) is 3.05. The van der Waals surface area contributed by atoms with Gasteiger partial charge in [-0.3, -0.25) is 4.99 Å². The van der Waals surface area contributed by atoms with Crippen LogP contribution in [0.1, 0.15) is 25.3 Å². The van der Waals surface area contributed by atoms with E-state index >= 15 is 0 Å². The maximum Gasteiger partial charge on any atom is 0.0708 e. The minimum atomic E-state index is 0.228. The van der Waals surface area contributed by atoms with E-state index in [0.29, 0.717) is 6.04 Å². The second kappa shape index (κ2) is 7.93. The molecule has 0 spiro atoms. The molecule has 27 heavy (non-hydrogen) atoms. The Morgan fingerprint density at radius 1 is 1.07 bits per heavy atom. The molecule has 0 fully saturated rings. The number of dihydropyridines is 1. The summed E-state index contributed by atoms with van der Waals surface area (Å²) in [5.41, 5.74) is 7.76. The van der Waals surface area contributed by atoms with Crippen molar-refractivity contribution >= 4 is 11.4 Å². The fraction of sp³-hybridized carbons (Fsp3) is 0.292. The lowest BCUT2D eigenvalue weighted by molar-refractivity contribution is 0.601. The first kappa shape index (κ1) is 17.7. The minimum Gasteiger partial charge on any atom is -0.374 e. The van der Waals surface area contributed by atoms with Crippen LogP contribution in [0.5, 0.6) is 0 Å². The van der Waals surface area contributed by atoms with Crippen LogP contribution in [0.25, 0.3) is 5.70 Å². The maximum atomic E-state index is 4.57. The Morgan fingerprint density at radius 2 is 1.93 bits per heavy atom. The number of benzene rings is 1. The predicted molar refractivity (Wildman–Crippen MR) is 115 cm³/mol. The van der Waals surface area contributed by atoms with Gasteiger partial charge in [-0.15, -0.1) is 0 Å². The van der Waals surface area contributed by atoms with Gasteiger partial charge >= 0.3 is 0 Å². The number of rotatable bonds is 5. The van der Waals surface area contributed by atoms with E-state index in [1.54, 1.807) is 0 Å². The summed E-state index contributed by atoms with van der Waals surface area (Å²) < 4.78 is 0. The highest BCUT2D eigenvalue weighted by Gasteiger charge is 2.27. The van der Waals surface area contributed by atoms with Gasteiger partial charge in [0.15, 0.2) is 0 Å². The highest BCUT2D eigenvalue weighted by Crippen LogP contribution is 2.31. The Hall–Kier alpha value is -2.65. The van der Waals surface area contributed by atoms with Gasteiger partial charge in [-0.05, 0) is 61.2 Å². The van der Waals surface area contributed by atoms with Gasteiger partial charge in [-0.2, -0.15) is 0 Å². The fourth-order valence-corrected chi connectivity index (χ4v) is 3.91. The van der Waals surface area contributed by atoms with E-state index in [1.807, 2.05) is 7.05 Å². The number of nitrogens with one attached hydrogen (secondary N) is 2. The monoisotopic (exact) mass is 357 g/mol. The van der Waals surface area contributed by atoms with Crippen LogP contribution in [0.2, 0.25) is 0 Å². The van der Waals surface area contributed by atoms with Crippen molar-refractivity contribution in [1.29, 1.82) is 0 Å². The van der Waals surface area contributed by atoms with Crippen molar-refractivity contribution < 1.29 is 0 Å². The van der Waals surface area contributed by atoms with Gasteiger partial charge < -0.3 is 10.6 Å². The summed E-state index contributed by atoms with van der Waals surface area (Å²) in [5, 5.41) is 7.20. The first-order chi connectivity index (χ1) is 13.3. The topological polar surface area (TPSA) is 36.4 Å². The molecule has 1 aliphatic carbocycles. The van der Waals surface area contributed by atoms with E-state index in [-0.39, 0.29) is 6.04 Å². The van der Waals surface area contributed by atoms with E-state index in [9.17, 15) is 0 Å². The van der Waals surface area contributed by atoms with Crippen LogP contribution in [-0.4, -0.2) is 31.4 Å². The molecule has 1 aromatic carbocycles. The van der Waals surface area contributed by atoms with Gasteiger partial charge in [0.05, 0.1) is 18.3 Å². The zero-order chi connectivity index (χ0) is 18.6. The molecule has 3 heteroatoms. The van der Waals surface area contributed by atoms with Gasteiger partial charge in [-0.25, -0.2) is 0 Å². The molecule has 3 nitrogen and oxygen atoms in total. The Morgan fingerprint density at radius 3 is 2.59 bits per heavy atom. The number of hydrogen-bond donors (Lipinski definition) is 2. The Balaban J connectivity index is 1.63. The van der Waals surface area contributed by atoms with Crippen LogP contribution < -0.4 is 10.6 Å². The summed E-state index contributed by atoms with van der Waals surface area (Å²) in [6.07, 6.45) is 15.4. The number of allylic oxidation sites excluding steroid dienone is 6. The molecule has 2 atom stereocenters. The molecule has 0 radical (unpaired) electrons. The van der Waals surface area contributed by atoms with E-state index in [2.05, 4.69) is 89.3 Å². The number of likely N-dealkylation sites (N-methyl/N-ethyl adjacent to an activating group) is 1. The molecular formula is C24H27N3. The van der Waals surface area contributed by atoms with Crippen molar-refractivity contribution in [2.75, 3.05) is 13.6 Å². The Bertz CT molecular complexity index is 881. The minimum absolute atomic E-state index is 0.228. The third-order valence-electron chi connectivity index (χ3n) is 5.62. The molecule has 0 aromatic heterocycles. The molecule has 2 N–H and O–H groups in total. The van der Waals surface area contributed by atoms with Gasteiger partial charge in [0.25, 0.3) is 0 Å². The largest absolute Gasteiger partial charge is 0.374 e. The first-order valence-electron chi connectivity index (χ1n) is 9.78. The quantitative estimate of drug-likeness (QED) is 0.829. The smallest absolute Gasteiger partial charge is 0.0708 e. The standard InChI is InChI=1S/C24H27N3/c1-17(25-2)21-14-15-23(18-7-4-3-5-8-18)27-24(21)20-12-10-19(11-13-20)22-9-6-16-26-22/h3-10,12,14-15,17,24-25,27H,11,13,16H2,1-2H3. The summed E-state index contributed by atoms with van der Waals surface area (Å²) in [6, 6.07) is 11.1. The van der Waals surface area contributed by atoms with E-state index < -0.39 is 0 Å². The molecule has 4 rings (SSSR count). The first-order valence-corrected chi connectivity index (χ1v) is 9.78. The van der Waals surface area contributed by atoms with Crippen molar-refractivity contribution in [2.45, 2.75) is 31.8 Å². The van der Waals surface area contributed by atoms with Crippen LogP contribution >= 0.6 is 0 Å². The SMILES string of the molecule is CNC(C)C1=CC=C(c2ccccc2)NC1C1=CC=C(C2=NCC=C2)CC1. The predicted octanol–water partition coefficient (Wildman–Crippen LogP) is 4.19. The highest BCUT2D eigenvalue weighted by molar-refractivity contribution is 6.09. The maximum absolute atomic E-state index is 4.57. The van der Waals surface area contributed by atoms with E-state index in [0.717, 1.165) is 25.1 Å². The molecule has 1 aromatic rings. The molecule has 2 aliphatic heterocycles. The van der Waals surface area contributed by atoms with Gasteiger partial charge in [0.1, 0.15) is 0 Å². The molecule has 0 bridgehead atoms. The Kier molecular flexibility index (Phi) is 5.21. The average Bonchev–Trinajstić information content (AvgIpc) is 3.28. The van der Waals surface area contributed by atoms with E-state index in [1.165, 1.54) is 28.0 Å². The lowest BCUT2D eigenvalue weighted by Crippen LogP contribution is -2.41. The van der Waals surface area contributed by atoms with Crippen molar-refractivity contribution in [3.8, 4) is 0 Å².